The first kappa shape index (κ1) is 24.5. The topological polar surface area (TPSA) is 26.3 Å². The van der Waals surface area contributed by atoms with Gasteiger partial charge in [0.15, 0.2) is 0 Å². The quantitative estimate of drug-likeness (QED) is 0.177. The molecular formula is C26H42O2. The van der Waals surface area contributed by atoms with Crippen molar-refractivity contribution in [1.82, 2.24) is 0 Å². The summed E-state index contributed by atoms with van der Waals surface area (Å²) in [5, 5.41) is 0. The summed E-state index contributed by atoms with van der Waals surface area (Å²) in [5.41, 5.74) is 3.30. The molecule has 0 amide bonds. The molecule has 0 saturated carbocycles. The highest BCUT2D eigenvalue weighted by Crippen LogP contribution is 2.40. The highest BCUT2D eigenvalue weighted by atomic mass is 16.5. The molecule has 2 nitrogen and oxygen atoms in total. The van der Waals surface area contributed by atoms with Gasteiger partial charge >= 0.3 is 5.97 Å². The van der Waals surface area contributed by atoms with Crippen molar-refractivity contribution in [2.75, 3.05) is 0 Å². The van der Waals surface area contributed by atoms with Gasteiger partial charge in [0, 0.05) is 17.5 Å². The van der Waals surface area contributed by atoms with Crippen LogP contribution in [0.3, 0.4) is 0 Å². The number of hydrogen-bond acceptors (Lipinski definition) is 2. The standard InChI is InChI=1S/C26H42O2/c1-9-10-11-12-13-14-15-16-17-23(27)28-24-21(25(3,4)5)18-20(2)19-22(24)26(6,7)8/h9,18-19H,1,10-17H2,2-8H3. The number of carbonyl (C=O) groups is 1. The minimum atomic E-state index is -0.105. The third kappa shape index (κ3) is 8.20. The largest absolute Gasteiger partial charge is 0.426 e. The van der Waals surface area contributed by atoms with Crippen molar-refractivity contribution in [2.24, 2.45) is 0 Å². The van der Waals surface area contributed by atoms with Gasteiger partial charge in [-0.05, 0) is 37.0 Å². The summed E-state index contributed by atoms with van der Waals surface area (Å²) < 4.78 is 5.99. The molecule has 28 heavy (non-hydrogen) atoms. The van der Waals surface area contributed by atoms with Crippen molar-refractivity contribution in [3.63, 3.8) is 0 Å². The molecule has 0 unspecified atom stereocenters. The fourth-order valence-electron chi connectivity index (χ4n) is 3.43. The number of unbranched alkanes of at least 4 members (excludes halogenated alkanes) is 6. The van der Waals surface area contributed by atoms with E-state index < -0.39 is 0 Å². The third-order valence-electron chi connectivity index (χ3n) is 5.10. The molecule has 0 aliphatic heterocycles. The maximum Gasteiger partial charge on any atom is 0.311 e. The smallest absolute Gasteiger partial charge is 0.311 e. The predicted octanol–water partition coefficient (Wildman–Crippen LogP) is 7.80. The summed E-state index contributed by atoms with van der Waals surface area (Å²) in [5.74, 6) is 0.673. The lowest BCUT2D eigenvalue weighted by Gasteiger charge is -2.29. The van der Waals surface area contributed by atoms with Crippen LogP contribution >= 0.6 is 0 Å². The summed E-state index contributed by atoms with van der Waals surface area (Å²) in [7, 11) is 0. The first-order chi connectivity index (χ1) is 13.0. The first-order valence-electron chi connectivity index (χ1n) is 10.9. The number of rotatable bonds is 10. The van der Waals surface area contributed by atoms with Gasteiger partial charge in [0.2, 0.25) is 0 Å². The van der Waals surface area contributed by atoms with Gasteiger partial charge in [-0.25, -0.2) is 0 Å². The number of carbonyl (C=O) groups excluding carboxylic acids is 1. The maximum absolute atomic E-state index is 12.6. The van der Waals surface area contributed by atoms with Crippen LogP contribution in [0.25, 0.3) is 0 Å². The van der Waals surface area contributed by atoms with E-state index in [4.69, 9.17) is 4.74 Å². The van der Waals surface area contributed by atoms with Crippen LogP contribution in [0.1, 0.15) is 110 Å². The van der Waals surface area contributed by atoms with Gasteiger partial charge in [0.05, 0.1) is 0 Å². The van der Waals surface area contributed by atoms with Crippen LogP contribution < -0.4 is 4.74 Å². The van der Waals surface area contributed by atoms with E-state index in [0.717, 1.165) is 36.1 Å². The maximum atomic E-state index is 12.6. The van der Waals surface area contributed by atoms with E-state index in [1.165, 1.54) is 31.2 Å². The van der Waals surface area contributed by atoms with Crippen LogP contribution in [0.2, 0.25) is 0 Å². The molecular weight excluding hydrogens is 344 g/mol. The Morgan fingerprint density at radius 2 is 1.36 bits per heavy atom. The second-order valence-corrected chi connectivity index (χ2v) is 10.1. The highest BCUT2D eigenvalue weighted by molar-refractivity contribution is 5.74. The van der Waals surface area contributed by atoms with Crippen molar-refractivity contribution in [3.8, 4) is 5.75 Å². The molecule has 0 fully saturated rings. The van der Waals surface area contributed by atoms with Crippen molar-refractivity contribution in [3.05, 3.63) is 41.5 Å². The number of aryl methyl sites for hydroxylation is 1. The molecule has 1 aromatic rings. The second kappa shape index (κ2) is 10.8. The van der Waals surface area contributed by atoms with E-state index in [0.29, 0.717) is 6.42 Å². The molecule has 0 aliphatic rings. The van der Waals surface area contributed by atoms with Gasteiger partial charge < -0.3 is 4.74 Å². The lowest BCUT2D eigenvalue weighted by Crippen LogP contribution is -2.22. The average Bonchev–Trinajstić information content (AvgIpc) is 2.56. The Kier molecular flexibility index (Phi) is 9.47. The predicted molar refractivity (Wildman–Crippen MR) is 121 cm³/mol. The molecule has 1 aromatic carbocycles. The fourth-order valence-corrected chi connectivity index (χ4v) is 3.43. The average molecular weight is 387 g/mol. The summed E-state index contributed by atoms with van der Waals surface area (Å²) in [6.07, 6.45) is 10.5. The Balaban J connectivity index is 2.76. The molecule has 0 atom stereocenters. The van der Waals surface area contributed by atoms with Crippen LogP contribution in [0, 0.1) is 6.92 Å². The Morgan fingerprint density at radius 3 is 1.82 bits per heavy atom. The third-order valence-corrected chi connectivity index (χ3v) is 5.10. The van der Waals surface area contributed by atoms with Crippen LogP contribution in [0.15, 0.2) is 24.8 Å². The van der Waals surface area contributed by atoms with Crippen LogP contribution in [0.4, 0.5) is 0 Å². The molecule has 0 saturated heterocycles. The molecule has 0 aromatic heterocycles. The van der Waals surface area contributed by atoms with E-state index in [-0.39, 0.29) is 16.8 Å². The summed E-state index contributed by atoms with van der Waals surface area (Å²) in [6.45, 7) is 18.9. The van der Waals surface area contributed by atoms with Crippen LogP contribution in [-0.2, 0) is 15.6 Å². The number of ether oxygens (including phenoxy) is 1. The summed E-state index contributed by atoms with van der Waals surface area (Å²) in [6, 6.07) is 4.34. The Hall–Kier alpha value is -1.57. The molecule has 1 rings (SSSR count). The Labute approximate surface area is 173 Å². The highest BCUT2D eigenvalue weighted by Gasteiger charge is 2.28. The lowest BCUT2D eigenvalue weighted by molar-refractivity contribution is -0.134. The van der Waals surface area contributed by atoms with Gasteiger partial charge in [-0.1, -0.05) is 91.0 Å². The van der Waals surface area contributed by atoms with Crippen molar-refractivity contribution in [2.45, 2.75) is 111 Å². The monoisotopic (exact) mass is 386 g/mol. The van der Waals surface area contributed by atoms with Crippen molar-refractivity contribution < 1.29 is 9.53 Å². The number of hydrogen-bond donors (Lipinski definition) is 0. The SMILES string of the molecule is C=CCCCCCCCCC(=O)Oc1c(C(C)(C)C)cc(C)cc1C(C)(C)C. The zero-order valence-corrected chi connectivity index (χ0v) is 19.4. The fraction of sp³-hybridized carbons (Fsp3) is 0.654. The number of benzene rings is 1. The molecule has 0 aliphatic carbocycles. The van der Waals surface area contributed by atoms with Gasteiger partial charge in [-0.3, -0.25) is 4.79 Å². The van der Waals surface area contributed by atoms with E-state index in [1.54, 1.807) is 0 Å². The van der Waals surface area contributed by atoms with Crippen molar-refractivity contribution in [1.29, 1.82) is 0 Å². The molecule has 0 heterocycles. The molecule has 0 bridgehead atoms. The van der Waals surface area contributed by atoms with E-state index in [9.17, 15) is 4.79 Å². The van der Waals surface area contributed by atoms with Gasteiger partial charge in [0.1, 0.15) is 5.75 Å². The molecule has 0 radical (unpaired) electrons. The Morgan fingerprint density at radius 1 is 0.893 bits per heavy atom. The van der Waals surface area contributed by atoms with E-state index in [2.05, 4.69) is 67.2 Å². The van der Waals surface area contributed by atoms with Crippen molar-refractivity contribution >= 4 is 5.97 Å². The Bertz CT molecular complexity index is 606. The van der Waals surface area contributed by atoms with Gasteiger partial charge in [0.25, 0.3) is 0 Å². The van der Waals surface area contributed by atoms with Crippen LogP contribution in [0.5, 0.6) is 5.75 Å². The zero-order valence-electron chi connectivity index (χ0n) is 19.4. The normalized spacial score (nSPS) is 12.1. The summed E-state index contributed by atoms with van der Waals surface area (Å²) in [4.78, 5) is 12.6. The first-order valence-corrected chi connectivity index (χ1v) is 10.9. The molecule has 158 valence electrons. The van der Waals surface area contributed by atoms with Gasteiger partial charge in [-0.15, -0.1) is 6.58 Å². The molecule has 0 spiro atoms. The molecule has 2 heteroatoms. The van der Waals surface area contributed by atoms with Gasteiger partial charge in [-0.2, -0.15) is 0 Å². The second-order valence-electron chi connectivity index (χ2n) is 10.1. The van der Waals surface area contributed by atoms with E-state index >= 15 is 0 Å². The summed E-state index contributed by atoms with van der Waals surface area (Å²) >= 11 is 0. The number of allylic oxidation sites excluding steroid dienone is 1. The minimum Gasteiger partial charge on any atom is -0.426 e. The van der Waals surface area contributed by atoms with E-state index in [1.807, 2.05) is 6.08 Å². The zero-order chi connectivity index (χ0) is 21.4. The van der Waals surface area contributed by atoms with Crippen LogP contribution in [-0.4, -0.2) is 5.97 Å². The lowest BCUT2D eigenvalue weighted by atomic mass is 9.78. The molecule has 0 N–H and O–H groups in total. The number of esters is 1. The minimum absolute atomic E-state index is 0.0763.